The van der Waals surface area contributed by atoms with Crippen LogP contribution in [0.3, 0.4) is 0 Å². The first-order chi connectivity index (χ1) is 9.51. The molecule has 0 spiro atoms. The lowest BCUT2D eigenvalue weighted by atomic mass is 10.3. The molecule has 2 rings (SSSR count). The maximum Gasteiger partial charge on any atom is 0.158 e. The highest BCUT2D eigenvalue weighted by molar-refractivity contribution is 9.10. The first kappa shape index (κ1) is 15.3. The van der Waals surface area contributed by atoms with Gasteiger partial charge in [-0.05, 0) is 28.1 Å². The van der Waals surface area contributed by atoms with Gasteiger partial charge in [0.15, 0.2) is 5.82 Å². The number of nitrogen functional groups attached to an aromatic ring is 1. The first-order valence-electron chi connectivity index (χ1n) is 5.54. The van der Waals surface area contributed by atoms with E-state index in [0.717, 1.165) is 4.47 Å². The third-order valence-corrected chi connectivity index (χ3v) is 4.13. The van der Waals surface area contributed by atoms with Gasteiger partial charge >= 0.3 is 0 Å². The van der Waals surface area contributed by atoms with Gasteiger partial charge in [0.1, 0.15) is 18.2 Å². The molecule has 1 heterocycles. The van der Waals surface area contributed by atoms with E-state index in [1.807, 2.05) is 0 Å². The fraction of sp³-hybridized carbons (Fsp3) is 0.167. The maximum atomic E-state index is 6.17. The van der Waals surface area contributed by atoms with Crippen LogP contribution in [-0.4, -0.2) is 17.1 Å². The smallest absolute Gasteiger partial charge is 0.158 e. The number of nitrogens with two attached hydrogens (primary N) is 1. The second-order valence-corrected chi connectivity index (χ2v) is 5.49. The molecule has 0 unspecified atom stereocenters. The molecule has 20 heavy (non-hydrogen) atoms. The highest BCUT2D eigenvalue weighted by Gasteiger charge is 2.10. The second-order valence-electron chi connectivity index (χ2n) is 3.88. The largest absolute Gasteiger partial charge is 0.384 e. The Morgan fingerprint density at radius 1 is 1.30 bits per heavy atom. The summed E-state index contributed by atoms with van der Waals surface area (Å²) in [6.07, 6.45) is 0. The van der Waals surface area contributed by atoms with Crippen LogP contribution in [0.5, 0.6) is 0 Å². The SMILES string of the molecule is COCc1nc(N)cc(Nc2ccc(Br)c(Cl)c2Cl)n1. The van der Waals surface area contributed by atoms with Gasteiger partial charge in [-0.15, -0.1) is 0 Å². The van der Waals surface area contributed by atoms with Crippen LogP contribution >= 0.6 is 39.1 Å². The van der Waals surface area contributed by atoms with Crippen molar-refractivity contribution in [3.05, 3.63) is 38.5 Å². The van der Waals surface area contributed by atoms with Crippen molar-refractivity contribution >= 4 is 56.5 Å². The van der Waals surface area contributed by atoms with Gasteiger partial charge < -0.3 is 15.8 Å². The van der Waals surface area contributed by atoms with Crippen LogP contribution in [0.25, 0.3) is 0 Å². The van der Waals surface area contributed by atoms with Gasteiger partial charge in [0.2, 0.25) is 0 Å². The predicted octanol–water partition coefficient (Wildman–Crippen LogP) is 4.02. The van der Waals surface area contributed by atoms with Crippen LogP contribution < -0.4 is 11.1 Å². The maximum absolute atomic E-state index is 6.17. The summed E-state index contributed by atoms with van der Waals surface area (Å²) in [5.41, 5.74) is 6.35. The van der Waals surface area contributed by atoms with Crippen molar-refractivity contribution in [1.82, 2.24) is 9.97 Å². The molecule has 0 saturated heterocycles. The fourth-order valence-corrected chi connectivity index (χ4v) is 2.36. The molecule has 0 radical (unpaired) electrons. The minimum atomic E-state index is 0.272. The van der Waals surface area contributed by atoms with Crippen molar-refractivity contribution in [2.75, 3.05) is 18.2 Å². The van der Waals surface area contributed by atoms with Crippen molar-refractivity contribution in [3.63, 3.8) is 0 Å². The summed E-state index contributed by atoms with van der Waals surface area (Å²) in [6.45, 7) is 0.272. The van der Waals surface area contributed by atoms with Gasteiger partial charge in [0.05, 0.1) is 15.7 Å². The number of anilines is 3. The molecule has 2 aromatic rings. The Kier molecular flexibility index (Phi) is 5.04. The molecule has 5 nitrogen and oxygen atoms in total. The lowest BCUT2D eigenvalue weighted by Gasteiger charge is -2.11. The van der Waals surface area contributed by atoms with Crippen LogP contribution in [0.2, 0.25) is 10.0 Å². The predicted molar refractivity (Wildman–Crippen MR) is 84.6 cm³/mol. The Morgan fingerprint density at radius 2 is 2.05 bits per heavy atom. The quantitative estimate of drug-likeness (QED) is 0.787. The Labute approximate surface area is 134 Å². The summed E-state index contributed by atoms with van der Waals surface area (Å²) in [5.74, 6) is 1.34. The number of ether oxygens (including phenoxy) is 1. The summed E-state index contributed by atoms with van der Waals surface area (Å²) in [5, 5.41) is 3.88. The zero-order valence-corrected chi connectivity index (χ0v) is 13.6. The third kappa shape index (κ3) is 3.52. The number of nitrogens with zero attached hydrogens (tertiary/aromatic N) is 2. The molecular weight excluding hydrogens is 367 g/mol. The van der Waals surface area contributed by atoms with Crippen molar-refractivity contribution in [2.45, 2.75) is 6.61 Å². The average molecular weight is 378 g/mol. The average Bonchev–Trinajstić information content (AvgIpc) is 2.39. The minimum Gasteiger partial charge on any atom is -0.384 e. The molecule has 0 bridgehead atoms. The molecule has 0 aliphatic rings. The Hall–Kier alpha value is -1.08. The second kappa shape index (κ2) is 6.58. The number of aromatic nitrogens is 2. The summed E-state index contributed by atoms with van der Waals surface area (Å²) in [4.78, 5) is 8.33. The van der Waals surface area contributed by atoms with Gasteiger partial charge in [0, 0.05) is 17.6 Å². The van der Waals surface area contributed by atoms with E-state index in [1.54, 1.807) is 25.3 Å². The van der Waals surface area contributed by atoms with Crippen LogP contribution in [0.4, 0.5) is 17.3 Å². The summed E-state index contributed by atoms with van der Waals surface area (Å²) in [6, 6.07) is 5.18. The van der Waals surface area contributed by atoms with Crippen molar-refractivity contribution in [1.29, 1.82) is 0 Å². The van der Waals surface area contributed by atoms with Crippen molar-refractivity contribution < 1.29 is 4.74 Å². The molecule has 0 aliphatic heterocycles. The third-order valence-electron chi connectivity index (χ3n) is 2.36. The standard InChI is InChI=1S/C12H11BrCl2N4O/c1-20-5-10-18-8(16)4-9(19-10)17-7-3-2-6(13)11(14)12(7)15/h2-4H,5H2,1H3,(H3,16,17,18,19). The number of hydrogen-bond acceptors (Lipinski definition) is 5. The van der Waals surface area contributed by atoms with Gasteiger partial charge in [-0.3, -0.25) is 0 Å². The topological polar surface area (TPSA) is 73.1 Å². The molecule has 0 saturated carbocycles. The summed E-state index contributed by atoms with van der Waals surface area (Å²) < 4.78 is 5.70. The molecule has 1 aromatic heterocycles. The molecule has 106 valence electrons. The van der Waals surface area contributed by atoms with E-state index in [1.165, 1.54) is 0 Å². The van der Waals surface area contributed by atoms with Crippen LogP contribution in [0.1, 0.15) is 5.82 Å². The van der Waals surface area contributed by atoms with Gasteiger partial charge in [-0.1, -0.05) is 23.2 Å². The van der Waals surface area contributed by atoms with Gasteiger partial charge in [-0.25, -0.2) is 9.97 Å². The number of halogens is 3. The number of benzene rings is 1. The van der Waals surface area contributed by atoms with E-state index in [-0.39, 0.29) is 6.61 Å². The first-order valence-corrected chi connectivity index (χ1v) is 7.09. The van der Waals surface area contributed by atoms with E-state index in [2.05, 4.69) is 31.2 Å². The van der Waals surface area contributed by atoms with E-state index in [4.69, 9.17) is 33.7 Å². The Balaban J connectivity index is 2.32. The van der Waals surface area contributed by atoms with E-state index < -0.39 is 0 Å². The number of nitrogens with one attached hydrogen (secondary N) is 1. The zero-order valence-electron chi connectivity index (χ0n) is 10.5. The molecular formula is C12H11BrCl2N4O. The summed E-state index contributed by atoms with van der Waals surface area (Å²) >= 11 is 15.5. The Bertz CT molecular complexity index is 639. The van der Waals surface area contributed by atoms with E-state index >= 15 is 0 Å². The highest BCUT2D eigenvalue weighted by Crippen LogP contribution is 2.36. The number of methoxy groups -OCH3 is 1. The lowest BCUT2D eigenvalue weighted by Crippen LogP contribution is -2.04. The molecule has 8 heteroatoms. The summed E-state index contributed by atoms with van der Waals surface area (Å²) in [7, 11) is 1.56. The van der Waals surface area contributed by atoms with Crippen LogP contribution in [0, 0.1) is 0 Å². The van der Waals surface area contributed by atoms with Crippen molar-refractivity contribution in [3.8, 4) is 0 Å². The lowest BCUT2D eigenvalue weighted by molar-refractivity contribution is 0.178. The zero-order chi connectivity index (χ0) is 14.7. The molecule has 0 atom stereocenters. The monoisotopic (exact) mass is 376 g/mol. The molecule has 0 fully saturated rings. The van der Waals surface area contributed by atoms with Gasteiger partial charge in [-0.2, -0.15) is 0 Å². The molecule has 0 amide bonds. The van der Waals surface area contributed by atoms with E-state index in [0.29, 0.717) is 33.2 Å². The normalized spacial score (nSPS) is 10.6. The number of rotatable bonds is 4. The molecule has 0 aliphatic carbocycles. The van der Waals surface area contributed by atoms with Crippen LogP contribution in [0.15, 0.2) is 22.7 Å². The van der Waals surface area contributed by atoms with Gasteiger partial charge in [0.25, 0.3) is 0 Å². The minimum absolute atomic E-state index is 0.272. The number of hydrogen-bond donors (Lipinski definition) is 2. The highest BCUT2D eigenvalue weighted by atomic mass is 79.9. The van der Waals surface area contributed by atoms with Crippen LogP contribution in [-0.2, 0) is 11.3 Å². The molecule has 3 N–H and O–H groups in total. The molecule has 1 aromatic carbocycles. The van der Waals surface area contributed by atoms with E-state index in [9.17, 15) is 0 Å². The Morgan fingerprint density at radius 3 is 2.75 bits per heavy atom. The van der Waals surface area contributed by atoms with Crippen molar-refractivity contribution in [2.24, 2.45) is 0 Å². The fourth-order valence-electron chi connectivity index (χ4n) is 1.54.